The maximum absolute atomic E-state index is 12.4. The van der Waals surface area contributed by atoms with E-state index in [9.17, 15) is 14.4 Å². The van der Waals surface area contributed by atoms with Gasteiger partial charge in [0, 0.05) is 35.6 Å². The Kier molecular flexibility index (Phi) is 4.82. The predicted molar refractivity (Wildman–Crippen MR) is 107 cm³/mol. The monoisotopic (exact) mass is 429 g/mol. The number of carbonyl (C=O) groups excluding carboxylic acids is 3. The topological polar surface area (TPSA) is 62.6 Å². The number of aryl methyl sites for hydroxylation is 2. The van der Waals surface area contributed by atoms with Crippen LogP contribution in [0.4, 0.5) is 4.79 Å². The Morgan fingerprint density at radius 1 is 0.926 bits per heavy atom. The van der Waals surface area contributed by atoms with Crippen LogP contribution >= 0.6 is 15.9 Å². The number of nitrogens with zero attached hydrogens (tertiary/aromatic N) is 3. The molecule has 0 unspecified atom stereocenters. The highest BCUT2D eigenvalue weighted by molar-refractivity contribution is 9.10. The lowest BCUT2D eigenvalue weighted by atomic mass is 10.1. The van der Waals surface area contributed by atoms with E-state index in [0.717, 1.165) is 42.5 Å². The summed E-state index contributed by atoms with van der Waals surface area (Å²) in [5.41, 5.74) is 4.74. The zero-order valence-electron chi connectivity index (χ0n) is 15.8. The van der Waals surface area contributed by atoms with Gasteiger partial charge >= 0.3 is 6.03 Å². The van der Waals surface area contributed by atoms with Crippen molar-refractivity contribution in [2.24, 2.45) is 0 Å². The summed E-state index contributed by atoms with van der Waals surface area (Å²) < 4.78 is 3.10. The molecule has 6 nitrogen and oxygen atoms in total. The van der Waals surface area contributed by atoms with E-state index >= 15 is 0 Å². The molecule has 1 aromatic carbocycles. The zero-order chi connectivity index (χ0) is 20.0. The van der Waals surface area contributed by atoms with Crippen molar-refractivity contribution < 1.29 is 14.4 Å². The lowest BCUT2D eigenvalue weighted by molar-refractivity contribution is -0.134. The maximum atomic E-state index is 12.4. The van der Waals surface area contributed by atoms with Gasteiger partial charge in [-0.15, -0.1) is 0 Å². The number of carbonyl (C=O) groups is 3. The number of rotatable bonds is 2. The number of amides is 4. The van der Waals surface area contributed by atoms with Crippen molar-refractivity contribution in [3.63, 3.8) is 0 Å². The first-order valence-corrected chi connectivity index (χ1v) is 9.20. The Hall–Kier alpha value is -2.67. The molecular weight excluding hydrogens is 410 g/mol. The van der Waals surface area contributed by atoms with E-state index in [4.69, 9.17) is 0 Å². The quantitative estimate of drug-likeness (QED) is 0.541. The van der Waals surface area contributed by atoms with E-state index in [1.807, 2.05) is 39.0 Å². The molecule has 0 atom stereocenters. The Morgan fingerprint density at radius 2 is 1.52 bits per heavy atom. The molecule has 0 spiro atoms. The first kappa shape index (κ1) is 19.1. The maximum Gasteiger partial charge on any atom is 0.333 e. The van der Waals surface area contributed by atoms with Crippen molar-refractivity contribution in [1.29, 1.82) is 0 Å². The van der Waals surface area contributed by atoms with Crippen LogP contribution in [0.25, 0.3) is 11.8 Å². The van der Waals surface area contributed by atoms with Crippen LogP contribution in [0.5, 0.6) is 0 Å². The van der Waals surface area contributed by atoms with Gasteiger partial charge in [0.05, 0.1) is 0 Å². The third-order valence-corrected chi connectivity index (χ3v) is 5.70. The van der Waals surface area contributed by atoms with Crippen molar-refractivity contribution in [1.82, 2.24) is 14.4 Å². The van der Waals surface area contributed by atoms with Crippen molar-refractivity contribution in [2.75, 3.05) is 14.1 Å². The minimum atomic E-state index is -0.627. The third-order valence-electron chi connectivity index (χ3n) is 4.81. The molecule has 1 saturated heterocycles. The fourth-order valence-electron chi connectivity index (χ4n) is 3.23. The van der Waals surface area contributed by atoms with Gasteiger partial charge in [0.15, 0.2) is 0 Å². The van der Waals surface area contributed by atoms with Crippen LogP contribution in [0.1, 0.15) is 22.5 Å². The molecule has 0 N–H and O–H groups in total. The summed E-state index contributed by atoms with van der Waals surface area (Å²) >= 11 is 3.51. The molecule has 0 bridgehead atoms. The van der Waals surface area contributed by atoms with Crippen molar-refractivity contribution in [3.8, 4) is 5.69 Å². The molecule has 27 heavy (non-hydrogen) atoms. The van der Waals surface area contributed by atoms with Gasteiger partial charge in [-0.3, -0.25) is 19.4 Å². The molecule has 1 fully saturated rings. The highest BCUT2D eigenvalue weighted by atomic mass is 79.9. The molecule has 3 rings (SSSR count). The normalized spacial score (nSPS) is 15.0. The highest BCUT2D eigenvalue weighted by Crippen LogP contribution is 2.27. The van der Waals surface area contributed by atoms with Crippen LogP contribution in [-0.4, -0.2) is 46.3 Å². The van der Waals surface area contributed by atoms with Crippen LogP contribution < -0.4 is 0 Å². The highest BCUT2D eigenvalue weighted by Gasteiger charge is 2.38. The SMILES string of the molecule is Cc1cc(-n2c(C)cc(C=C3C(=O)N(C)C(=O)N(C)C3=O)c2C)ccc1Br. The van der Waals surface area contributed by atoms with Crippen molar-refractivity contribution in [2.45, 2.75) is 20.8 Å². The fraction of sp³-hybridized carbons (Fsp3) is 0.250. The lowest BCUT2D eigenvalue weighted by Gasteiger charge is -2.28. The van der Waals surface area contributed by atoms with Crippen LogP contribution in [0.15, 0.2) is 34.3 Å². The van der Waals surface area contributed by atoms with Crippen LogP contribution in [-0.2, 0) is 9.59 Å². The summed E-state index contributed by atoms with van der Waals surface area (Å²) in [4.78, 5) is 38.6. The van der Waals surface area contributed by atoms with Gasteiger partial charge in [0.1, 0.15) is 5.57 Å². The first-order chi connectivity index (χ1) is 12.6. The summed E-state index contributed by atoms with van der Waals surface area (Å²) in [6, 6.07) is 7.36. The van der Waals surface area contributed by atoms with Crippen molar-refractivity contribution in [3.05, 3.63) is 56.8 Å². The number of hydrogen-bond donors (Lipinski definition) is 0. The largest absolute Gasteiger partial charge is 0.333 e. The number of imide groups is 2. The van der Waals surface area contributed by atoms with Gasteiger partial charge in [-0.05, 0) is 62.2 Å². The molecule has 0 aliphatic carbocycles. The van der Waals surface area contributed by atoms with Gasteiger partial charge in [-0.25, -0.2) is 4.79 Å². The van der Waals surface area contributed by atoms with Crippen LogP contribution in [0, 0.1) is 20.8 Å². The number of likely N-dealkylation sites (N-methyl/N-ethyl adjacent to an activating group) is 2. The van der Waals surface area contributed by atoms with E-state index in [1.54, 1.807) is 6.08 Å². The molecule has 1 aromatic heterocycles. The smallest absolute Gasteiger partial charge is 0.318 e. The van der Waals surface area contributed by atoms with E-state index < -0.39 is 17.8 Å². The Balaban J connectivity index is 2.10. The summed E-state index contributed by atoms with van der Waals surface area (Å²) in [6.45, 7) is 5.93. The average Bonchev–Trinajstić information content (AvgIpc) is 2.91. The summed E-state index contributed by atoms with van der Waals surface area (Å²) in [7, 11) is 2.74. The number of halogens is 1. The Bertz CT molecular complexity index is 994. The molecule has 7 heteroatoms. The van der Waals surface area contributed by atoms with Gasteiger partial charge < -0.3 is 4.57 Å². The van der Waals surface area contributed by atoms with Gasteiger partial charge in [-0.1, -0.05) is 15.9 Å². The predicted octanol–water partition coefficient (Wildman–Crippen LogP) is 3.60. The minimum absolute atomic E-state index is 0.0214. The minimum Gasteiger partial charge on any atom is -0.318 e. The van der Waals surface area contributed by atoms with E-state index in [0.29, 0.717) is 0 Å². The first-order valence-electron chi connectivity index (χ1n) is 8.40. The second-order valence-corrected chi connectivity index (χ2v) is 7.52. The molecular formula is C20H20BrN3O3. The van der Waals surface area contributed by atoms with Crippen LogP contribution in [0.2, 0.25) is 0 Å². The lowest BCUT2D eigenvalue weighted by Crippen LogP contribution is -2.52. The second-order valence-electron chi connectivity index (χ2n) is 6.66. The number of urea groups is 1. The number of barbiturate groups is 1. The summed E-state index contributed by atoms with van der Waals surface area (Å²) in [6.07, 6.45) is 1.56. The van der Waals surface area contributed by atoms with E-state index in [2.05, 4.69) is 26.6 Å². The number of aromatic nitrogens is 1. The van der Waals surface area contributed by atoms with Gasteiger partial charge in [0.2, 0.25) is 0 Å². The number of hydrogen-bond acceptors (Lipinski definition) is 3. The molecule has 1 aliphatic rings. The second kappa shape index (κ2) is 6.81. The molecule has 0 radical (unpaired) electrons. The van der Waals surface area contributed by atoms with Crippen molar-refractivity contribution >= 4 is 39.9 Å². The van der Waals surface area contributed by atoms with Crippen LogP contribution in [0.3, 0.4) is 0 Å². The number of benzene rings is 1. The van der Waals surface area contributed by atoms with Gasteiger partial charge in [-0.2, -0.15) is 0 Å². The zero-order valence-corrected chi connectivity index (χ0v) is 17.4. The van der Waals surface area contributed by atoms with E-state index in [-0.39, 0.29) is 5.57 Å². The summed E-state index contributed by atoms with van der Waals surface area (Å²) in [5.74, 6) is -1.18. The fourth-order valence-corrected chi connectivity index (χ4v) is 3.48. The molecule has 140 valence electrons. The molecule has 2 heterocycles. The van der Waals surface area contributed by atoms with Gasteiger partial charge in [0.25, 0.3) is 11.8 Å². The molecule has 1 aliphatic heterocycles. The molecule has 2 aromatic rings. The molecule has 0 saturated carbocycles. The Labute approximate surface area is 166 Å². The van der Waals surface area contributed by atoms with E-state index in [1.165, 1.54) is 14.1 Å². The standard InChI is InChI=1S/C20H20BrN3O3/c1-11-8-15(6-7-17(11)21)24-12(2)9-14(13(24)3)10-16-18(25)22(4)20(27)23(5)19(16)26/h6-10H,1-5H3. The molecule has 4 amide bonds. The summed E-state index contributed by atoms with van der Waals surface area (Å²) in [5, 5.41) is 0. The Morgan fingerprint density at radius 3 is 2.07 bits per heavy atom. The third kappa shape index (κ3) is 3.12. The average molecular weight is 430 g/mol.